The molecule has 100 valence electrons. The summed E-state index contributed by atoms with van der Waals surface area (Å²) in [6, 6.07) is 7.62. The topological polar surface area (TPSA) is 80.7 Å². The van der Waals surface area contributed by atoms with Crippen molar-refractivity contribution in [2.24, 2.45) is 16.8 Å². The van der Waals surface area contributed by atoms with Crippen molar-refractivity contribution in [2.75, 3.05) is 6.61 Å². The number of aromatic nitrogens is 1. The van der Waals surface area contributed by atoms with Crippen LogP contribution in [0.15, 0.2) is 35.6 Å². The molecule has 0 bridgehead atoms. The standard InChI is InChI=1S/C14H17N3O2/c1-9(2)8-19-13-10-5-3-4-6-12(10)16-7-11(13)14(15)17-18/h3-7,9,18H,8H2,1-2H3,(H2,15,17). The molecule has 1 aromatic carbocycles. The number of rotatable bonds is 4. The van der Waals surface area contributed by atoms with E-state index in [1.807, 2.05) is 24.3 Å². The Balaban J connectivity index is 2.58. The van der Waals surface area contributed by atoms with Crippen LogP contribution in [0.25, 0.3) is 10.9 Å². The van der Waals surface area contributed by atoms with E-state index < -0.39 is 0 Å². The van der Waals surface area contributed by atoms with E-state index >= 15 is 0 Å². The molecule has 0 radical (unpaired) electrons. The zero-order chi connectivity index (χ0) is 13.8. The molecule has 0 saturated carbocycles. The fourth-order valence-electron chi connectivity index (χ4n) is 1.76. The van der Waals surface area contributed by atoms with Crippen molar-refractivity contribution in [3.63, 3.8) is 0 Å². The molecule has 19 heavy (non-hydrogen) atoms. The number of oxime groups is 1. The van der Waals surface area contributed by atoms with Gasteiger partial charge in [0.05, 0.1) is 17.7 Å². The Labute approximate surface area is 111 Å². The Bertz CT molecular complexity index is 609. The Morgan fingerprint density at radius 3 is 2.84 bits per heavy atom. The summed E-state index contributed by atoms with van der Waals surface area (Å²) in [5.41, 5.74) is 6.99. The summed E-state index contributed by atoms with van der Waals surface area (Å²) >= 11 is 0. The minimum absolute atomic E-state index is 0.00277. The van der Waals surface area contributed by atoms with Crippen LogP contribution < -0.4 is 10.5 Å². The first-order chi connectivity index (χ1) is 9.13. The van der Waals surface area contributed by atoms with Gasteiger partial charge in [0.1, 0.15) is 5.75 Å². The fourth-order valence-corrected chi connectivity index (χ4v) is 1.76. The molecular weight excluding hydrogens is 242 g/mol. The minimum Gasteiger partial charge on any atom is -0.492 e. The smallest absolute Gasteiger partial charge is 0.175 e. The summed E-state index contributed by atoms with van der Waals surface area (Å²) < 4.78 is 5.82. The maximum absolute atomic E-state index is 8.84. The van der Waals surface area contributed by atoms with E-state index in [0.29, 0.717) is 23.8 Å². The van der Waals surface area contributed by atoms with Gasteiger partial charge in [-0.1, -0.05) is 31.1 Å². The average molecular weight is 259 g/mol. The van der Waals surface area contributed by atoms with Crippen LogP contribution in [0, 0.1) is 5.92 Å². The SMILES string of the molecule is CC(C)COc1c(/C(N)=N/O)cnc2ccccc12. The first-order valence-corrected chi connectivity index (χ1v) is 6.12. The van der Waals surface area contributed by atoms with Crippen LogP contribution in [0.3, 0.4) is 0 Å². The summed E-state index contributed by atoms with van der Waals surface area (Å²) in [6.45, 7) is 4.68. The van der Waals surface area contributed by atoms with Crippen LogP contribution in [-0.2, 0) is 0 Å². The lowest BCUT2D eigenvalue weighted by Crippen LogP contribution is -2.16. The monoisotopic (exact) mass is 259 g/mol. The molecule has 1 aromatic heterocycles. The van der Waals surface area contributed by atoms with E-state index in [2.05, 4.69) is 24.0 Å². The van der Waals surface area contributed by atoms with Gasteiger partial charge in [-0.15, -0.1) is 0 Å². The Morgan fingerprint density at radius 1 is 1.42 bits per heavy atom. The van der Waals surface area contributed by atoms with Crippen molar-refractivity contribution in [3.05, 3.63) is 36.0 Å². The predicted octanol–water partition coefficient (Wildman–Crippen LogP) is 2.36. The van der Waals surface area contributed by atoms with Crippen LogP contribution in [0.1, 0.15) is 19.4 Å². The third-order valence-corrected chi connectivity index (χ3v) is 2.67. The highest BCUT2D eigenvalue weighted by atomic mass is 16.5. The van der Waals surface area contributed by atoms with Crippen LogP contribution in [0.2, 0.25) is 0 Å². The molecule has 0 aliphatic heterocycles. The molecule has 5 heteroatoms. The van der Waals surface area contributed by atoms with Gasteiger partial charge in [-0.3, -0.25) is 4.98 Å². The quantitative estimate of drug-likeness (QED) is 0.382. The number of nitrogens with zero attached hydrogens (tertiary/aromatic N) is 2. The highest BCUT2D eigenvalue weighted by molar-refractivity contribution is 6.04. The van der Waals surface area contributed by atoms with E-state index in [1.54, 1.807) is 6.20 Å². The number of hydrogen-bond acceptors (Lipinski definition) is 4. The van der Waals surface area contributed by atoms with Crippen LogP contribution >= 0.6 is 0 Å². The molecule has 0 amide bonds. The molecule has 0 aliphatic rings. The Hall–Kier alpha value is -2.30. The van der Waals surface area contributed by atoms with Crippen LogP contribution in [-0.4, -0.2) is 22.6 Å². The molecule has 0 aliphatic carbocycles. The highest BCUT2D eigenvalue weighted by Gasteiger charge is 2.14. The zero-order valence-electron chi connectivity index (χ0n) is 11.0. The lowest BCUT2D eigenvalue weighted by Gasteiger charge is -2.14. The van der Waals surface area contributed by atoms with Crippen molar-refractivity contribution in [1.29, 1.82) is 0 Å². The number of ether oxygens (including phenoxy) is 1. The number of nitrogens with two attached hydrogens (primary N) is 1. The van der Waals surface area contributed by atoms with E-state index in [0.717, 1.165) is 10.9 Å². The van der Waals surface area contributed by atoms with Crippen molar-refractivity contribution >= 4 is 16.7 Å². The molecule has 5 nitrogen and oxygen atoms in total. The first kappa shape index (κ1) is 13.1. The van der Waals surface area contributed by atoms with Gasteiger partial charge in [0.25, 0.3) is 0 Å². The molecule has 0 spiro atoms. The molecule has 2 aromatic rings. The van der Waals surface area contributed by atoms with E-state index in [4.69, 9.17) is 15.7 Å². The molecular formula is C14H17N3O2. The largest absolute Gasteiger partial charge is 0.492 e. The van der Waals surface area contributed by atoms with Gasteiger partial charge in [0.2, 0.25) is 0 Å². The van der Waals surface area contributed by atoms with Crippen LogP contribution in [0.4, 0.5) is 0 Å². The number of amidine groups is 1. The molecule has 0 atom stereocenters. The average Bonchev–Trinajstić information content (AvgIpc) is 2.43. The van der Waals surface area contributed by atoms with Gasteiger partial charge in [-0.25, -0.2) is 0 Å². The van der Waals surface area contributed by atoms with Crippen LogP contribution in [0.5, 0.6) is 5.75 Å². The van der Waals surface area contributed by atoms with E-state index in [9.17, 15) is 0 Å². The molecule has 0 unspecified atom stereocenters. The molecule has 3 N–H and O–H groups in total. The molecule has 0 fully saturated rings. The summed E-state index contributed by atoms with van der Waals surface area (Å²) in [6.07, 6.45) is 1.56. The zero-order valence-corrected chi connectivity index (χ0v) is 11.0. The van der Waals surface area contributed by atoms with Crippen molar-refractivity contribution < 1.29 is 9.94 Å². The third kappa shape index (κ3) is 2.76. The second-order valence-electron chi connectivity index (χ2n) is 4.71. The summed E-state index contributed by atoms with van der Waals surface area (Å²) in [4.78, 5) is 4.29. The van der Waals surface area contributed by atoms with Gasteiger partial charge >= 0.3 is 0 Å². The summed E-state index contributed by atoms with van der Waals surface area (Å²) in [5.74, 6) is 0.985. The minimum atomic E-state index is -0.00277. The summed E-state index contributed by atoms with van der Waals surface area (Å²) in [7, 11) is 0. The van der Waals surface area contributed by atoms with Crippen molar-refractivity contribution in [2.45, 2.75) is 13.8 Å². The predicted molar refractivity (Wildman–Crippen MR) is 74.6 cm³/mol. The fraction of sp³-hybridized carbons (Fsp3) is 0.286. The van der Waals surface area contributed by atoms with Crippen molar-refractivity contribution in [1.82, 2.24) is 4.98 Å². The number of para-hydroxylation sites is 1. The molecule has 2 rings (SSSR count). The lowest BCUT2D eigenvalue weighted by atomic mass is 10.1. The van der Waals surface area contributed by atoms with Gasteiger partial charge in [-0.2, -0.15) is 0 Å². The number of benzene rings is 1. The Morgan fingerprint density at radius 2 is 2.16 bits per heavy atom. The van der Waals surface area contributed by atoms with Gasteiger partial charge in [-0.05, 0) is 18.1 Å². The maximum Gasteiger partial charge on any atom is 0.175 e. The number of hydrogen-bond donors (Lipinski definition) is 2. The van der Waals surface area contributed by atoms with Gasteiger partial charge in [0.15, 0.2) is 5.84 Å². The summed E-state index contributed by atoms with van der Waals surface area (Å²) in [5, 5.41) is 12.7. The normalized spacial score (nSPS) is 12.1. The van der Waals surface area contributed by atoms with Gasteiger partial charge < -0.3 is 15.7 Å². The number of fused-ring (bicyclic) bond motifs is 1. The van der Waals surface area contributed by atoms with Gasteiger partial charge in [0, 0.05) is 11.6 Å². The second-order valence-corrected chi connectivity index (χ2v) is 4.71. The maximum atomic E-state index is 8.84. The van der Waals surface area contributed by atoms with E-state index in [-0.39, 0.29) is 5.84 Å². The molecule has 1 heterocycles. The highest BCUT2D eigenvalue weighted by Crippen LogP contribution is 2.28. The third-order valence-electron chi connectivity index (χ3n) is 2.67. The first-order valence-electron chi connectivity index (χ1n) is 6.12. The van der Waals surface area contributed by atoms with E-state index in [1.165, 1.54) is 0 Å². The second kappa shape index (κ2) is 5.56. The number of pyridine rings is 1. The van der Waals surface area contributed by atoms with Crippen molar-refractivity contribution in [3.8, 4) is 5.75 Å². The lowest BCUT2D eigenvalue weighted by molar-refractivity contribution is 0.273. The Kier molecular flexibility index (Phi) is 3.85. The molecule has 0 saturated heterocycles.